The first-order valence-electron chi connectivity index (χ1n) is 7.16. The third kappa shape index (κ3) is 4.63. The van der Waals surface area contributed by atoms with Gasteiger partial charge in [-0.25, -0.2) is 9.59 Å². The van der Waals surface area contributed by atoms with Gasteiger partial charge in [-0.1, -0.05) is 37.3 Å². The molecule has 0 unspecified atom stereocenters. The van der Waals surface area contributed by atoms with Crippen LogP contribution in [0.15, 0.2) is 18.2 Å². The lowest BCUT2D eigenvalue weighted by Gasteiger charge is -2.17. The van der Waals surface area contributed by atoms with Crippen LogP contribution in [0.5, 0.6) is 0 Å². The molecule has 1 aliphatic carbocycles. The first kappa shape index (κ1) is 15.6. The molecule has 0 heterocycles. The highest BCUT2D eigenvalue weighted by atomic mass is 35.5. The average Bonchev–Trinajstić information content (AvgIpc) is 2.66. The number of anilines is 1. The highest BCUT2D eigenvalue weighted by Gasteiger charge is 2.15. The van der Waals surface area contributed by atoms with Crippen molar-refractivity contribution in [3.05, 3.63) is 28.8 Å². The van der Waals surface area contributed by atoms with Crippen LogP contribution in [0.2, 0.25) is 5.02 Å². The van der Waals surface area contributed by atoms with Gasteiger partial charge in [0.1, 0.15) is 0 Å². The summed E-state index contributed by atoms with van der Waals surface area (Å²) in [5.74, 6) is -1.09. The van der Waals surface area contributed by atoms with Crippen molar-refractivity contribution < 1.29 is 14.7 Å². The number of hydrogen-bond acceptors (Lipinski definition) is 2. The number of hydrogen-bond donors (Lipinski definition) is 3. The lowest BCUT2D eigenvalue weighted by molar-refractivity contribution is 0.0697. The van der Waals surface area contributed by atoms with Gasteiger partial charge >= 0.3 is 12.0 Å². The van der Waals surface area contributed by atoms with Crippen LogP contribution in [0, 0.1) is 0 Å². The third-order valence-corrected chi connectivity index (χ3v) is 3.96. The van der Waals surface area contributed by atoms with E-state index in [0.29, 0.717) is 5.69 Å². The van der Waals surface area contributed by atoms with E-state index in [-0.39, 0.29) is 22.7 Å². The minimum absolute atomic E-state index is 0.0198. The Morgan fingerprint density at radius 2 is 1.81 bits per heavy atom. The molecule has 2 rings (SSSR count). The highest BCUT2D eigenvalue weighted by Crippen LogP contribution is 2.21. The summed E-state index contributed by atoms with van der Waals surface area (Å²) < 4.78 is 0. The smallest absolute Gasteiger partial charge is 0.337 e. The summed E-state index contributed by atoms with van der Waals surface area (Å²) in [5.41, 5.74) is 0.502. The molecule has 114 valence electrons. The van der Waals surface area contributed by atoms with Crippen molar-refractivity contribution in [1.82, 2.24) is 5.32 Å². The molecule has 1 aliphatic rings. The van der Waals surface area contributed by atoms with Gasteiger partial charge in [-0.2, -0.15) is 0 Å². The fourth-order valence-corrected chi connectivity index (χ4v) is 2.80. The number of benzene rings is 1. The molecule has 0 bridgehead atoms. The van der Waals surface area contributed by atoms with E-state index in [2.05, 4.69) is 10.6 Å². The predicted molar refractivity (Wildman–Crippen MR) is 82.1 cm³/mol. The minimum Gasteiger partial charge on any atom is -0.478 e. The molecule has 0 saturated heterocycles. The van der Waals surface area contributed by atoms with Crippen molar-refractivity contribution in [3.63, 3.8) is 0 Å². The predicted octanol–water partition coefficient (Wildman–Crippen LogP) is 3.88. The second-order valence-corrected chi connectivity index (χ2v) is 5.69. The van der Waals surface area contributed by atoms with Gasteiger partial charge in [0, 0.05) is 11.7 Å². The maximum absolute atomic E-state index is 11.9. The van der Waals surface area contributed by atoms with Gasteiger partial charge in [-0.05, 0) is 31.0 Å². The molecule has 0 atom stereocenters. The van der Waals surface area contributed by atoms with Gasteiger partial charge in [0.25, 0.3) is 0 Å². The number of amides is 2. The van der Waals surface area contributed by atoms with E-state index in [1.807, 2.05) is 0 Å². The molecule has 6 heteroatoms. The Morgan fingerprint density at radius 1 is 1.14 bits per heavy atom. The van der Waals surface area contributed by atoms with Crippen LogP contribution in [0.25, 0.3) is 0 Å². The summed E-state index contributed by atoms with van der Waals surface area (Å²) in [4.78, 5) is 22.8. The number of halogens is 1. The molecule has 1 aromatic carbocycles. The summed E-state index contributed by atoms with van der Waals surface area (Å²) in [6.45, 7) is 0. The van der Waals surface area contributed by atoms with Crippen LogP contribution in [0.3, 0.4) is 0 Å². The number of rotatable bonds is 3. The van der Waals surface area contributed by atoms with Crippen LogP contribution in [-0.4, -0.2) is 23.1 Å². The van der Waals surface area contributed by atoms with Gasteiger partial charge < -0.3 is 15.7 Å². The molecule has 3 N–H and O–H groups in total. The fourth-order valence-electron chi connectivity index (χ4n) is 2.54. The van der Waals surface area contributed by atoms with Crippen molar-refractivity contribution in [3.8, 4) is 0 Å². The fraction of sp³-hybridized carbons (Fsp3) is 0.467. The lowest BCUT2D eigenvalue weighted by atomic mass is 10.1. The Bertz CT molecular complexity index is 526. The van der Waals surface area contributed by atoms with E-state index in [4.69, 9.17) is 16.7 Å². The number of carboxylic acid groups (broad SMARTS) is 1. The number of carboxylic acids is 1. The van der Waals surface area contributed by atoms with Crippen LogP contribution in [0.1, 0.15) is 48.9 Å². The van der Waals surface area contributed by atoms with Crippen LogP contribution >= 0.6 is 11.6 Å². The Hall–Kier alpha value is -1.75. The van der Waals surface area contributed by atoms with E-state index >= 15 is 0 Å². The van der Waals surface area contributed by atoms with Crippen molar-refractivity contribution in [2.75, 3.05) is 5.32 Å². The number of nitrogens with one attached hydrogen (secondary N) is 2. The average molecular weight is 311 g/mol. The summed E-state index contributed by atoms with van der Waals surface area (Å²) in [6.07, 6.45) is 6.75. The molecular formula is C15H19ClN2O3. The second kappa shape index (κ2) is 7.31. The summed E-state index contributed by atoms with van der Waals surface area (Å²) in [6, 6.07) is 4.29. The lowest BCUT2D eigenvalue weighted by Crippen LogP contribution is -2.37. The molecule has 0 radical (unpaired) electrons. The molecule has 1 aromatic rings. The molecule has 5 nitrogen and oxygen atoms in total. The Kier molecular flexibility index (Phi) is 5.44. The van der Waals surface area contributed by atoms with E-state index in [1.54, 1.807) is 0 Å². The first-order chi connectivity index (χ1) is 10.1. The first-order valence-corrected chi connectivity index (χ1v) is 7.54. The minimum atomic E-state index is -1.09. The standard InChI is InChI=1S/C15H19ClN2O3/c16-13-9-11(7-8-12(13)14(19)20)18-15(21)17-10-5-3-1-2-4-6-10/h7-10H,1-6H2,(H,19,20)(H2,17,18,21). The largest absolute Gasteiger partial charge is 0.478 e. The molecule has 2 amide bonds. The monoisotopic (exact) mass is 310 g/mol. The van der Waals surface area contributed by atoms with Crippen molar-refractivity contribution in [2.24, 2.45) is 0 Å². The Labute approximate surface area is 128 Å². The molecule has 21 heavy (non-hydrogen) atoms. The normalized spacial score (nSPS) is 16.0. The van der Waals surface area contributed by atoms with Crippen molar-refractivity contribution >= 4 is 29.3 Å². The highest BCUT2D eigenvalue weighted by molar-refractivity contribution is 6.33. The van der Waals surface area contributed by atoms with Crippen LogP contribution in [-0.2, 0) is 0 Å². The van der Waals surface area contributed by atoms with Gasteiger partial charge in [-0.15, -0.1) is 0 Å². The third-order valence-electron chi connectivity index (χ3n) is 3.65. The van der Waals surface area contributed by atoms with Crippen LogP contribution in [0.4, 0.5) is 10.5 Å². The molecule has 0 aromatic heterocycles. The zero-order valence-electron chi connectivity index (χ0n) is 11.7. The number of urea groups is 1. The van der Waals surface area contributed by atoms with Gasteiger partial charge in [-0.3, -0.25) is 0 Å². The van der Waals surface area contributed by atoms with E-state index in [1.165, 1.54) is 31.0 Å². The molecule has 1 saturated carbocycles. The molecule has 1 fully saturated rings. The van der Waals surface area contributed by atoms with Gasteiger partial charge in [0.05, 0.1) is 10.6 Å². The van der Waals surface area contributed by atoms with Crippen molar-refractivity contribution in [2.45, 2.75) is 44.6 Å². The topological polar surface area (TPSA) is 78.4 Å². The van der Waals surface area contributed by atoms with E-state index < -0.39 is 5.97 Å². The SMILES string of the molecule is O=C(Nc1ccc(C(=O)O)c(Cl)c1)NC1CCCCCC1. The van der Waals surface area contributed by atoms with E-state index in [9.17, 15) is 9.59 Å². The van der Waals surface area contributed by atoms with Gasteiger partial charge in [0.2, 0.25) is 0 Å². The Morgan fingerprint density at radius 3 is 2.38 bits per heavy atom. The second-order valence-electron chi connectivity index (χ2n) is 5.29. The number of carbonyl (C=O) groups excluding carboxylic acids is 1. The number of carbonyl (C=O) groups is 2. The number of aromatic carboxylic acids is 1. The maximum atomic E-state index is 11.9. The Balaban J connectivity index is 1.93. The summed E-state index contributed by atoms with van der Waals surface area (Å²) in [7, 11) is 0. The van der Waals surface area contributed by atoms with Crippen molar-refractivity contribution in [1.29, 1.82) is 0 Å². The van der Waals surface area contributed by atoms with Crippen LogP contribution < -0.4 is 10.6 Å². The van der Waals surface area contributed by atoms with E-state index in [0.717, 1.165) is 25.7 Å². The maximum Gasteiger partial charge on any atom is 0.337 e. The quantitative estimate of drug-likeness (QED) is 0.741. The van der Waals surface area contributed by atoms with Gasteiger partial charge in [0.15, 0.2) is 0 Å². The summed E-state index contributed by atoms with van der Waals surface area (Å²) in [5, 5.41) is 14.6. The summed E-state index contributed by atoms with van der Waals surface area (Å²) >= 11 is 5.87. The molecular weight excluding hydrogens is 292 g/mol. The zero-order chi connectivity index (χ0) is 15.2. The zero-order valence-corrected chi connectivity index (χ0v) is 12.4. The molecule has 0 aliphatic heterocycles. The molecule has 0 spiro atoms.